The van der Waals surface area contributed by atoms with Crippen LogP contribution in [0.4, 0.5) is 0 Å². The summed E-state index contributed by atoms with van der Waals surface area (Å²) in [6.07, 6.45) is 1.65. The maximum Gasteiger partial charge on any atom is 0.213 e. The van der Waals surface area contributed by atoms with Gasteiger partial charge in [0.05, 0.1) is 13.2 Å². The Morgan fingerprint density at radius 3 is 3.07 bits per heavy atom. The molecule has 0 spiro atoms. The van der Waals surface area contributed by atoms with Crippen LogP contribution in [0.2, 0.25) is 5.15 Å². The zero-order valence-corrected chi connectivity index (χ0v) is 9.16. The molecular weight excluding hydrogens is 216 g/mol. The predicted molar refractivity (Wildman–Crippen MR) is 59.3 cm³/mol. The summed E-state index contributed by atoms with van der Waals surface area (Å²) >= 11 is 5.64. The van der Waals surface area contributed by atoms with E-state index in [0.29, 0.717) is 18.3 Å². The summed E-state index contributed by atoms with van der Waals surface area (Å²) in [5, 5.41) is 0.461. The number of nitrogens with two attached hydrogens (primary N) is 1. The molecule has 0 aliphatic rings. The van der Waals surface area contributed by atoms with Crippen LogP contribution in [0, 0.1) is 0 Å². The van der Waals surface area contributed by atoms with E-state index in [0.717, 1.165) is 5.56 Å². The van der Waals surface area contributed by atoms with E-state index in [9.17, 15) is 0 Å². The van der Waals surface area contributed by atoms with Gasteiger partial charge in [-0.25, -0.2) is 15.5 Å². The lowest BCUT2D eigenvalue weighted by Gasteiger charge is -2.03. The lowest BCUT2D eigenvalue weighted by molar-refractivity contribution is 0.0957. The van der Waals surface area contributed by atoms with Crippen molar-refractivity contribution < 1.29 is 4.84 Å². The van der Waals surface area contributed by atoms with Crippen LogP contribution in [0.5, 0.6) is 0 Å². The van der Waals surface area contributed by atoms with Crippen molar-refractivity contribution in [3.63, 3.8) is 0 Å². The molecule has 1 aromatic rings. The van der Waals surface area contributed by atoms with Crippen molar-refractivity contribution in [1.29, 1.82) is 0 Å². The third-order valence-corrected chi connectivity index (χ3v) is 1.77. The molecule has 1 heterocycles. The smallest absolute Gasteiger partial charge is 0.213 e. The Balaban J connectivity index is 2.45. The summed E-state index contributed by atoms with van der Waals surface area (Å²) in [4.78, 5) is 12.8. The maximum absolute atomic E-state index is 5.64. The zero-order valence-electron chi connectivity index (χ0n) is 8.40. The summed E-state index contributed by atoms with van der Waals surface area (Å²) in [5.74, 6) is 0.242. The van der Waals surface area contributed by atoms with Crippen molar-refractivity contribution in [3.05, 3.63) is 29.0 Å². The molecule has 0 radical (unpaired) electrons. The van der Waals surface area contributed by atoms with Gasteiger partial charge in [-0.3, -0.25) is 4.84 Å². The highest BCUT2D eigenvalue weighted by molar-refractivity contribution is 6.29. The fraction of sp³-hybridized carbons (Fsp3) is 0.333. The topological polar surface area (TPSA) is 72.5 Å². The fourth-order valence-corrected chi connectivity index (χ4v) is 0.967. The SMILES string of the molecule is CCONC(N)=NCc1ccc(Cl)nc1. The minimum absolute atomic E-state index is 0.242. The highest BCUT2D eigenvalue weighted by Gasteiger charge is 1.94. The van der Waals surface area contributed by atoms with Crippen LogP contribution in [-0.4, -0.2) is 17.6 Å². The van der Waals surface area contributed by atoms with Crippen molar-refractivity contribution in [2.45, 2.75) is 13.5 Å². The Morgan fingerprint density at radius 1 is 1.67 bits per heavy atom. The van der Waals surface area contributed by atoms with Gasteiger partial charge in [-0.1, -0.05) is 17.7 Å². The van der Waals surface area contributed by atoms with E-state index in [-0.39, 0.29) is 5.96 Å². The van der Waals surface area contributed by atoms with E-state index in [1.165, 1.54) is 0 Å². The Bertz CT molecular complexity index is 325. The molecule has 0 aliphatic heterocycles. The number of guanidine groups is 1. The average Bonchev–Trinajstić information content (AvgIpc) is 2.25. The van der Waals surface area contributed by atoms with Gasteiger partial charge in [0.15, 0.2) is 0 Å². The summed E-state index contributed by atoms with van der Waals surface area (Å²) in [6.45, 7) is 2.82. The molecule has 82 valence electrons. The minimum atomic E-state index is 0.242. The van der Waals surface area contributed by atoms with Gasteiger partial charge < -0.3 is 5.73 Å². The number of hydrogen-bond acceptors (Lipinski definition) is 3. The summed E-state index contributed by atoms with van der Waals surface area (Å²) in [5.41, 5.74) is 8.93. The molecule has 0 saturated carbocycles. The number of nitrogens with one attached hydrogen (secondary N) is 1. The number of aliphatic imine (C=N–C) groups is 1. The molecule has 0 fully saturated rings. The van der Waals surface area contributed by atoms with E-state index in [1.54, 1.807) is 12.3 Å². The first-order valence-corrected chi connectivity index (χ1v) is 4.88. The maximum atomic E-state index is 5.64. The number of hydrogen-bond donors (Lipinski definition) is 2. The van der Waals surface area contributed by atoms with Crippen molar-refractivity contribution in [2.75, 3.05) is 6.61 Å². The second-order valence-electron chi connectivity index (χ2n) is 2.73. The molecule has 0 unspecified atom stereocenters. The summed E-state index contributed by atoms with van der Waals surface area (Å²) < 4.78 is 0. The van der Waals surface area contributed by atoms with E-state index in [2.05, 4.69) is 15.5 Å². The molecule has 0 bridgehead atoms. The van der Waals surface area contributed by atoms with Crippen LogP contribution in [0.1, 0.15) is 12.5 Å². The van der Waals surface area contributed by atoms with Crippen molar-refractivity contribution >= 4 is 17.6 Å². The number of nitrogens with zero attached hydrogens (tertiary/aromatic N) is 2. The lowest BCUT2D eigenvalue weighted by Crippen LogP contribution is -2.31. The molecule has 0 atom stereocenters. The van der Waals surface area contributed by atoms with Crippen molar-refractivity contribution in [1.82, 2.24) is 10.5 Å². The lowest BCUT2D eigenvalue weighted by atomic mass is 10.3. The van der Waals surface area contributed by atoms with Crippen LogP contribution in [-0.2, 0) is 11.4 Å². The molecule has 0 aromatic carbocycles. The molecule has 15 heavy (non-hydrogen) atoms. The van der Waals surface area contributed by atoms with Crippen LogP contribution in [0.15, 0.2) is 23.3 Å². The van der Waals surface area contributed by atoms with E-state index >= 15 is 0 Å². The summed E-state index contributed by atoms with van der Waals surface area (Å²) in [6, 6.07) is 3.55. The van der Waals surface area contributed by atoms with Gasteiger partial charge in [0.25, 0.3) is 0 Å². The van der Waals surface area contributed by atoms with Crippen LogP contribution < -0.4 is 11.2 Å². The number of rotatable bonds is 4. The van der Waals surface area contributed by atoms with Gasteiger partial charge in [0.2, 0.25) is 5.96 Å². The number of halogens is 1. The molecule has 0 saturated heterocycles. The van der Waals surface area contributed by atoms with E-state index in [1.807, 2.05) is 13.0 Å². The van der Waals surface area contributed by atoms with Gasteiger partial charge in [-0.2, -0.15) is 0 Å². The largest absolute Gasteiger partial charge is 0.368 e. The molecule has 3 N–H and O–H groups in total. The number of aromatic nitrogens is 1. The zero-order chi connectivity index (χ0) is 11.1. The van der Waals surface area contributed by atoms with Gasteiger partial charge in [-0.15, -0.1) is 0 Å². The molecule has 6 heteroatoms. The Hall–Kier alpha value is -1.33. The standard InChI is InChI=1S/C9H13ClN4O/c1-2-15-14-9(11)13-6-7-3-4-8(10)12-5-7/h3-5H,2,6H2,1H3,(H3,11,13,14). The Kier molecular flexibility index (Phi) is 4.86. The Morgan fingerprint density at radius 2 is 2.47 bits per heavy atom. The van der Waals surface area contributed by atoms with Gasteiger partial charge in [0, 0.05) is 6.20 Å². The highest BCUT2D eigenvalue weighted by Crippen LogP contribution is 2.05. The second-order valence-corrected chi connectivity index (χ2v) is 3.11. The number of hydroxylamine groups is 1. The molecule has 0 amide bonds. The minimum Gasteiger partial charge on any atom is -0.368 e. The van der Waals surface area contributed by atoms with Crippen LogP contribution in [0.25, 0.3) is 0 Å². The third-order valence-electron chi connectivity index (χ3n) is 1.54. The van der Waals surface area contributed by atoms with Crippen LogP contribution >= 0.6 is 11.6 Å². The van der Waals surface area contributed by atoms with Gasteiger partial charge >= 0.3 is 0 Å². The van der Waals surface area contributed by atoms with E-state index in [4.69, 9.17) is 22.2 Å². The highest BCUT2D eigenvalue weighted by atomic mass is 35.5. The molecule has 5 nitrogen and oxygen atoms in total. The summed E-state index contributed by atoms with van der Waals surface area (Å²) in [7, 11) is 0. The predicted octanol–water partition coefficient (Wildman–Crippen LogP) is 1.09. The van der Waals surface area contributed by atoms with Crippen molar-refractivity contribution in [2.24, 2.45) is 10.7 Å². The first-order chi connectivity index (χ1) is 7.22. The molecular formula is C9H13ClN4O. The Labute approximate surface area is 93.3 Å². The van der Waals surface area contributed by atoms with Gasteiger partial charge in [-0.05, 0) is 18.6 Å². The fourth-order valence-electron chi connectivity index (χ4n) is 0.855. The normalized spacial score (nSPS) is 11.5. The molecule has 1 rings (SSSR count). The molecule has 1 aromatic heterocycles. The molecule has 0 aliphatic carbocycles. The van der Waals surface area contributed by atoms with Crippen LogP contribution in [0.3, 0.4) is 0 Å². The average molecular weight is 229 g/mol. The van der Waals surface area contributed by atoms with Crippen molar-refractivity contribution in [3.8, 4) is 0 Å². The first kappa shape index (κ1) is 11.7. The quantitative estimate of drug-likeness (QED) is 0.350. The number of pyridine rings is 1. The monoisotopic (exact) mass is 228 g/mol. The van der Waals surface area contributed by atoms with E-state index < -0.39 is 0 Å². The van der Waals surface area contributed by atoms with Gasteiger partial charge in [0.1, 0.15) is 5.15 Å². The second kappa shape index (κ2) is 6.21. The first-order valence-electron chi connectivity index (χ1n) is 4.50. The third kappa shape index (κ3) is 4.62.